The summed E-state index contributed by atoms with van der Waals surface area (Å²) in [4.78, 5) is 49.4. The number of esters is 1. The highest BCUT2D eigenvalue weighted by Gasteiger charge is 2.38. The predicted molar refractivity (Wildman–Crippen MR) is 144 cm³/mol. The molecule has 0 aromatic heterocycles. The molecule has 0 saturated carbocycles. The van der Waals surface area contributed by atoms with E-state index in [1.807, 2.05) is 13.8 Å². The van der Waals surface area contributed by atoms with Gasteiger partial charge in [-0.15, -0.1) is 0 Å². The second-order valence-corrected chi connectivity index (χ2v) is 11.8. The first-order valence-electron chi connectivity index (χ1n) is 12.9. The third kappa shape index (κ3) is 13.0. The summed E-state index contributed by atoms with van der Waals surface area (Å²) in [5, 5.41) is 0. The summed E-state index contributed by atoms with van der Waals surface area (Å²) >= 11 is 0. The first-order chi connectivity index (χ1) is 18.2. The Morgan fingerprint density at radius 2 is 1.35 bits per heavy atom. The number of nitrogens with two attached hydrogens (primary N) is 1. The van der Waals surface area contributed by atoms with Crippen molar-refractivity contribution >= 4 is 24.4 Å². The topological polar surface area (TPSA) is 159 Å². The number of ether oxygens (including phenoxy) is 7. The molecule has 1 aromatic rings. The first kappa shape index (κ1) is 34.5. The van der Waals surface area contributed by atoms with Gasteiger partial charge in [0.2, 0.25) is 0 Å². The number of carbonyl (C=O) groups is 4. The number of carbonyl (C=O) groups excluding carboxylic acids is 4. The molecule has 0 aliphatic rings. The summed E-state index contributed by atoms with van der Waals surface area (Å²) in [7, 11) is 1.18. The fraction of sp³-hybridized carbons (Fsp3) is 0.643. The fourth-order valence-corrected chi connectivity index (χ4v) is 3.33. The van der Waals surface area contributed by atoms with Crippen molar-refractivity contribution in [2.75, 3.05) is 13.7 Å². The molecular formula is C28H43NO11. The zero-order valence-electron chi connectivity index (χ0n) is 25.1. The van der Waals surface area contributed by atoms with Crippen molar-refractivity contribution in [3.8, 4) is 11.5 Å². The van der Waals surface area contributed by atoms with E-state index < -0.39 is 47.3 Å². The predicted octanol–water partition coefficient (Wildman–Crippen LogP) is 5.32. The molecular weight excluding hydrogens is 526 g/mol. The average Bonchev–Trinajstić information content (AvgIpc) is 2.76. The minimum absolute atomic E-state index is 0.116. The van der Waals surface area contributed by atoms with E-state index in [4.69, 9.17) is 38.9 Å². The van der Waals surface area contributed by atoms with Crippen molar-refractivity contribution in [1.82, 2.24) is 0 Å². The Morgan fingerprint density at radius 3 is 1.82 bits per heavy atom. The zero-order chi connectivity index (χ0) is 30.9. The third-order valence-electron chi connectivity index (χ3n) is 4.77. The SMILES string of the molecule is COC(=O)C(N)(Cc1ccc(OC(=O)OC(C)(C)C)c(OC(=O)OC(C)(C)C)c1)C[C@H](C)OC(=O)OCC(C)C. The number of hydrogen-bond acceptors (Lipinski definition) is 12. The van der Waals surface area contributed by atoms with Gasteiger partial charge in [-0.1, -0.05) is 19.9 Å². The van der Waals surface area contributed by atoms with Crippen LogP contribution in [0.1, 0.15) is 74.3 Å². The summed E-state index contributed by atoms with van der Waals surface area (Å²) in [6.07, 6.45) is -4.00. The summed E-state index contributed by atoms with van der Waals surface area (Å²) in [6.45, 7) is 15.5. The van der Waals surface area contributed by atoms with Gasteiger partial charge in [-0.05, 0) is 72.1 Å². The van der Waals surface area contributed by atoms with E-state index in [9.17, 15) is 19.2 Å². The lowest BCUT2D eigenvalue weighted by atomic mass is 9.86. The highest BCUT2D eigenvalue weighted by molar-refractivity contribution is 5.81. The van der Waals surface area contributed by atoms with Gasteiger partial charge in [0.05, 0.1) is 13.7 Å². The van der Waals surface area contributed by atoms with Gasteiger partial charge < -0.3 is 38.9 Å². The molecule has 12 heteroatoms. The van der Waals surface area contributed by atoms with Crippen LogP contribution in [0.25, 0.3) is 0 Å². The minimum Gasteiger partial charge on any atom is -0.468 e. The highest BCUT2D eigenvalue weighted by atomic mass is 16.8. The largest absolute Gasteiger partial charge is 0.514 e. The first-order valence-corrected chi connectivity index (χ1v) is 12.9. The van der Waals surface area contributed by atoms with Gasteiger partial charge in [-0.2, -0.15) is 0 Å². The number of benzene rings is 1. The summed E-state index contributed by atoms with van der Waals surface area (Å²) in [6, 6.07) is 4.26. The summed E-state index contributed by atoms with van der Waals surface area (Å²) < 4.78 is 36.2. The van der Waals surface area contributed by atoms with E-state index >= 15 is 0 Å². The van der Waals surface area contributed by atoms with Gasteiger partial charge in [0, 0.05) is 12.8 Å². The molecule has 0 spiro atoms. The zero-order valence-corrected chi connectivity index (χ0v) is 25.1. The van der Waals surface area contributed by atoms with Crippen LogP contribution in [0.15, 0.2) is 18.2 Å². The second-order valence-electron chi connectivity index (χ2n) is 11.8. The Kier molecular flexibility index (Phi) is 12.2. The molecule has 1 aromatic carbocycles. The van der Waals surface area contributed by atoms with E-state index in [0.717, 1.165) is 0 Å². The molecule has 226 valence electrons. The molecule has 12 nitrogen and oxygen atoms in total. The molecule has 0 saturated heterocycles. The molecule has 0 amide bonds. The van der Waals surface area contributed by atoms with Gasteiger partial charge in [-0.3, -0.25) is 4.79 Å². The van der Waals surface area contributed by atoms with E-state index in [-0.39, 0.29) is 36.9 Å². The molecule has 2 N–H and O–H groups in total. The maximum absolute atomic E-state index is 12.7. The highest BCUT2D eigenvalue weighted by Crippen LogP contribution is 2.32. The smallest absolute Gasteiger partial charge is 0.468 e. The van der Waals surface area contributed by atoms with Gasteiger partial charge >= 0.3 is 24.4 Å². The third-order valence-corrected chi connectivity index (χ3v) is 4.77. The fourth-order valence-electron chi connectivity index (χ4n) is 3.33. The number of methoxy groups -OCH3 is 1. The Bertz CT molecular complexity index is 1040. The lowest BCUT2D eigenvalue weighted by molar-refractivity contribution is -0.148. The van der Waals surface area contributed by atoms with Crippen LogP contribution in [0, 0.1) is 5.92 Å². The monoisotopic (exact) mass is 569 g/mol. The van der Waals surface area contributed by atoms with Crippen molar-refractivity contribution in [3.63, 3.8) is 0 Å². The Hall–Kier alpha value is -3.54. The maximum Gasteiger partial charge on any atom is 0.514 e. The van der Waals surface area contributed by atoms with Gasteiger partial charge in [-0.25, -0.2) is 14.4 Å². The van der Waals surface area contributed by atoms with Crippen LogP contribution in [0.2, 0.25) is 0 Å². The average molecular weight is 570 g/mol. The Labute approximate surface area is 235 Å². The van der Waals surface area contributed by atoms with Gasteiger partial charge in [0.15, 0.2) is 11.5 Å². The molecule has 1 rings (SSSR count). The maximum atomic E-state index is 12.7. The van der Waals surface area contributed by atoms with Crippen LogP contribution >= 0.6 is 0 Å². The molecule has 0 aliphatic heterocycles. The quantitative estimate of drug-likeness (QED) is 0.220. The Balaban J connectivity index is 3.26. The standard InChI is InChI=1S/C28H43NO11/c1-17(2)16-35-23(31)36-18(3)14-28(29,22(30)34-10)15-19-11-12-20(37-24(32)39-26(4,5)6)21(13-19)38-25(33)40-27(7,8)9/h11-13,17-18H,14-16,29H2,1-10H3/t18-,28?/m0/s1. The van der Waals surface area contributed by atoms with Crippen molar-refractivity contribution in [3.05, 3.63) is 23.8 Å². The molecule has 0 bridgehead atoms. The molecule has 0 aliphatic carbocycles. The second kappa shape index (κ2) is 14.2. The summed E-state index contributed by atoms with van der Waals surface area (Å²) in [5.41, 5.74) is 3.54. The van der Waals surface area contributed by atoms with E-state index in [1.54, 1.807) is 48.5 Å². The lowest BCUT2D eigenvalue weighted by Crippen LogP contribution is -2.53. The van der Waals surface area contributed by atoms with E-state index in [0.29, 0.717) is 5.56 Å². The van der Waals surface area contributed by atoms with E-state index in [2.05, 4.69) is 0 Å². The van der Waals surface area contributed by atoms with Crippen molar-refractivity contribution < 1.29 is 52.3 Å². The molecule has 0 fully saturated rings. The van der Waals surface area contributed by atoms with Gasteiger partial charge in [0.1, 0.15) is 22.8 Å². The van der Waals surface area contributed by atoms with Crippen LogP contribution in [0.4, 0.5) is 14.4 Å². The normalized spacial score (nSPS) is 13.9. The number of rotatable bonds is 10. The van der Waals surface area contributed by atoms with Crippen LogP contribution in [0.3, 0.4) is 0 Å². The van der Waals surface area contributed by atoms with Gasteiger partial charge in [0.25, 0.3) is 0 Å². The van der Waals surface area contributed by atoms with E-state index in [1.165, 1.54) is 25.3 Å². The Morgan fingerprint density at radius 1 is 0.825 bits per heavy atom. The van der Waals surface area contributed by atoms with Crippen LogP contribution in [-0.4, -0.2) is 61.0 Å². The van der Waals surface area contributed by atoms with Crippen molar-refractivity contribution in [1.29, 1.82) is 0 Å². The van der Waals surface area contributed by atoms with Crippen LogP contribution in [-0.2, 0) is 34.9 Å². The van der Waals surface area contributed by atoms with Crippen LogP contribution < -0.4 is 15.2 Å². The molecule has 1 unspecified atom stereocenters. The molecule has 40 heavy (non-hydrogen) atoms. The van der Waals surface area contributed by atoms with Crippen molar-refractivity contribution in [2.24, 2.45) is 11.7 Å². The minimum atomic E-state index is -1.65. The molecule has 0 heterocycles. The summed E-state index contributed by atoms with van der Waals surface area (Å²) in [5.74, 6) is -0.950. The lowest BCUT2D eigenvalue weighted by Gasteiger charge is -2.29. The van der Waals surface area contributed by atoms with Crippen LogP contribution in [0.5, 0.6) is 11.5 Å². The molecule has 0 radical (unpaired) electrons. The number of hydrogen-bond donors (Lipinski definition) is 1. The molecule has 2 atom stereocenters. The van der Waals surface area contributed by atoms with Crippen molar-refractivity contribution in [2.45, 2.75) is 98.0 Å².